The Labute approximate surface area is 277 Å². The number of aliphatic imine (C=N–C) groups is 1. The maximum Gasteiger partial charge on any atom is 0.488 e. The van der Waals surface area contributed by atoms with Crippen LogP contribution in [-0.2, 0) is 17.1 Å². The average Bonchev–Trinajstić information content (AvgIpc) is 3.37. The number of fused-ring (bicyclic) bond motifs is 5. The lowest BCUT2D eigenvalue weighted by Crippen LogP contribution is -2.36. The number of nitrogens with two attached hydrogens (primary N) is 1. The summed E-state index contributed by atoms with van der Waals surface area (Å²) in [6, 6.07) is 12.5. The molecule has 5 rings (SSSR count). The Morgan fingerprint density at radius 1 is 1.22 bits per heavy atom. The molecule has 0 saturated heterocycles. The van der Waals surface area contributed by atoms with Crippen LogP contribution in [0.4, 0.5) is 10.2 Å². The smallest absolute Gasteiger partial charge is 0.482 e. The molecule has 1 atom stereocenters. The van der Waals surface area contributed by atoms with Gasteiger partial charge < -0.3 is 25.8 Å². The van der Waals surface area contributed by atoms with Crippen LogP contribution in [0, 0.1) is 5.82 Å². The minimum Gasteiger partial charge on any atom is -0.482 e. The zero-order chi connectivity index (χ0) is 33.6. The van der Waals surface area contributed by atoms with E-state index < -0.39 is 29.6 Å². The van der Waals surface area contributed by atoms with Crippen LogP contribution in [0.3, 0.4) is 0 Å². The van der Waals surface area contributed by atoms with E-state index in [2.05, 4.69) is 20.4 Å². The summed E-state index contributed by atoms with van der Waals surface area (Å²) in [6.07, 6.45) is 2.17. The van der Waals surface area contributed by atoms with Crippen LogP contribution < -0.4 is 21.3 Å². The second-order valence-corrected chi connectivity index (χ2v) is 11.6. The Bertz CT molecular complexity index is 1840. The summed E-state index contributed by atoms with van der Waals surface area (Å²) < 4.78 is 22.5. The van der Waals surface area contributed by atoms with Gasteiger partial charge in [-0.2, -0.15) is 5.10 Å². The van der Waals surface area contributed by atoms with Crippen molar-refractivity contribution in [2.24, 2.45) is 10.7 Å². The van der Waals surface area contributed by atoms with Crippen molar-refractivity contribution in [3.8, 4) is 17.0 Å². The SMILES string of the molecule is [B]C1([B])/C(C=NC)=C(/N)c2ccc(F)cc2[C@@H](C)Oc2cc(cnc2NCc2ccc(B(O)O)cc2)-c2c1c(Cl)nn2C([B])([B])C. The molecule has 224 valence electrons. The van der Waals surface area contributed by atoms with E-state index in [9.17, 15) is 14.4 Å². The van der Waals surface area contributed by atoms with Crippen molar-refractivity contribution in [3.05, 3.63) is 93.5 Å². The van der Waals surface area contributed by atoms with Crippen molar-refractivity contribution in [1.29, 1.82) is 0 Å². The summed E-state index contributed by atoms with van der Waals surface area (Å²) in [6.45, 7) is 3.56. The van der Waals surface area contributed by atoms with Gasteiger partial charge in [-0.25, -0.2) is 9.37 Å². The molecule has 5 N–H and O–H groups in total. The fraction of sp³-hybridized carbons (Fsp3) is 0.233. The molecular formula is C30H27B5ClFN6O3. The molecule has 0 aliphatic carbocycles. The number of hydrogen-bond donors (Lipinski definition) is 4. The maximum atomic E-state index is 14.7. The summed E-state index contributed by atoms with van der Waals surface area (Å²) in [4.78, 5) is 8.79. The highest BCUT2D eigenvalue weighted by molar-refractivity contribution is 6.58. The highest BCUT2D eigenvalue weighted by atomic mass is 35.5. The summed E-state index contributed by atoms with van der Waals surface area (Å²) >= 11 is 6.74. The van der Waals surface area contributed by atoms with Crippen molar-refractivity contribution in [2.75, 3.05) is 12.4 Å². The first-order chi connectivity index (χ1) is 21.6. The van der Waals surface area contributed by atoms with Crippen LogP contribution in [0.2, 0.25) is 5.15 Å². The van der Waals surface area contributed by atoms with Gasteiger partial charge in [0.2, 0.25) is 0 Å². The molecule has 0 saturated carbocycles. The quantitative estimate of drug-likeness (QED) is 0.190. The van der Waals surface area contributed by atoms with E-state index in [1.54, 1.807) is 37.3 Å². The van der Waals surface area contributed by atoms with Gasteiger partial charge in [0.1, 0.15) is 11.9 Å². The Balaban J connectivity index is 1.76. The predicted molar refractivity (Wildman–Crippen MR) is 183 cm³/mol. The van der Waals surface area contributed by atoms with Crippen LogP contribution in [0.25, 0.3) is 17.0 Å². The van der Waals surface area contributed by atoms with E-state index >= 15 is 0 Å². The molecule has 0 spiro atoms. The molecular weight excluding hydrogens is 601 g/mol. The van der Waals surface area contributed by atoms with Crippen LogP contribution in [0.1, 0.15) is 42.2 Å². The molecule has 0 fully saturated rings. The third-order valence-corrected chi connectivity index (χ3v) is 7.88. The molecule has 8 radical (unpaired) electrons. The van der Waals surface area contributed by atoms with Crippen molar-refractivity contribution >= 4 is 73.3 Å². The monoisotopic (exact) mass is 628 g/mol. The largest absolute Gasteiger partial charge is 0.488 e. The first-order valence-electron chi connectivity index (χ1n) is 14.2. The van der Waals surface area contributed by atoms with Gasteiger partial charge in [-0.15, -0.1) is 0 Å². The number of aromatic nitrogens is 3. The minimum absolute atomic E-state index is 0.0946. The van der Waals surface area contributed by atoms with Crippen molar-refractivity contribution in [3.63, 3.8) is 0 Å². The van der Waals surface area contributed by atoms with Crippen LogP contribution in [0.5, 0.6) is 5.75 Å². The summed E-state index contributed by atoms with van der Waals surface area (Å²) in [5.74, 6) is 0.101. The molecule has 9 nitrogen and oxygen atoms in total. The summed E-state index contributed by atoms with van der Waals surface area (Å²) in [5.41, 5.74) is 9.81. The topological polar surface area (TPSA) is 131 Å². The number of pyridine rings is 1. The van der Waals surface area contributed by atoms with Gasteiger partial charge in [0.15, 0.2) is 16.7 Å². The van der Waals surface area contributed by atoms with Crippen molar-refractivity contribution < 1.29 is 19.2 Å². The molecule has 2 aromatic carbocycles. The molecule has 0 amide bonds. The maximum absolute atomic E-state index is 14.7. The van der Waals surface area contributed by atoms with Crippen LogP contribution in [0.15, 0.2) is 65.3 Å². The van der Waals surface area contributed by atoms with Gasteiger partial charge in [-0.05, 0) is 58.3 Å². The Morgan fingerprint density at radius 3 is 2.54 bits per heavy atom. The Kier molecular flexibility index (Phi) is 9.23. The second-order valence-electron chi connectivity index (χ2n) is 11.3. The summed E-state index contributed by atoms with van der Waals surface area (Å²) in [7, 11) is 26.4. The lowest BCUT2D eigenvalue weighted by Gasteiger charge is -2.33. The Morgan fingerprint density at radius 2 is 1.91 bits per heavy atom. The van der Waals surface area contributed by atoms with E-state index in [0.29, 0.717) is 34.5 Å². The molecule has 2 bridgehead atoms. The van der Waals surface area contributed by atoms with Crippen molar-refractivity contribution in [2.45, 2.75) is 37.0 Å². The lowest BCUT2D eigenvalue weighted by molar-refractivity contribution is 0.226. The number of nitrogens with one attached hydrogen (secondary N) is 1. The number of nitrogens with zero attached hydrogens (tertiary/aromatic N) is 4. The standard InChI is InChI=1S/C30H27B5ClFN6O3/c1-15-21-11-19(37)8-9-20(21)25(38)22(14-39-3)30(33,34)24-26(43(29(2,31)32)42-27(24)36)17-10-23(46-15)28(41-13-17)40-12-16-4-6-18(7-5-16)35(44)45/h4-11,13-15,44-45H,12,38H2,1-3H3,(H,40,41)/b25-22+,39-14?/t15-/m1/s1. The number of allylic oxidation sites excluding steroid dienone is 1. The Hall–Kier alpha value is -3.93. The van der Waals surface area contributed by atoms with Crippen molar-refractivity contribution in [1.82, 2.24) is 14.8 Å². The first kappa shape index (κ1) is 33.4. The molecule has 4 aromatic rings. The molecule has 1 aliphatic rings. The number of rotatable bonds is 6. The van der Waals surface area contributed by atoms with E-state index in [1.807, 2.05) is 0 Å². The van der Waals surface area contributed by atoms with Gasteiger partial charge in [-0.3, -0.25) is 9.67 Å². The number of hydrogen-bond acceptors (Lipinski definition) is 8. The molecule has 3 heterocycles. The van der Waals surface area contributed by atoms with Crippen LogP contribution in [-0.4, -0.2) is 76.6 Å². The number of ether oxygens (including phenoxy) is 1. The third-order valence-electron chi connectivity index (χ3n) is 7.62. The summed E-state index contributed by atoms with van der Waals surface area (Å²) in [5, 5.41) is 22.9. The first-order valence-corrected chi connectivity index (χ1v) is 14.5. The van der Waals surface area contributed by atoms with Gasteiger partial charge in [0, 0.05) is 54.0 Å². The average molecular weight is 628 g/mol. The predicted octanol–water partition coefficient (Wildman–Crippen LogP) is 2.01. The fourth-order valence-corrected chi connectivity index (χ4v) is 5.66. The van der Waals surface area contributed by atoms with Gasteiger partial charge >= 0.3 is 7.12 Å². The van der Waals surface area contributed by atoms with E-state index in [-0.39, 0.29) is 33.4 Å². The molecule has 1 aliphatic heterocycles. The molecule has 46 heavy (non-hydrogen) atoms. The molecule has 16 heteroatoms. The highest BCUT2D eigenvalue weighted by Gasteiger charge is 2.37. The van der Waals surface area contributed by atoms with Gasteiger partial charge in [0.05, 0.1) is 37.1 Å². The highest BCUT2D eigenvalue weighted by Crippen LogP contribution is 2.44. The van der Waals surface area contributed by atoms with Gasteiger partial charge in [-0.1, -0.05) is 42.8 Å². The number of benzene rings is 2. The molecule has 0 unspecified atom stereocenters. The normalized spacial score (nSPS) is 17.8. The zero-order valence-corrected chi connectivity index (χ0v) is 26.1. The van der Waals surface area contributed by atoms with E-state index in [0.717, 1.165) is 5.56 Å². The zero-order valence-electron chi connectivity index (χ0n) is 25.4. The number of anilines is 1. The third kappa shape index (κ3) is 6.36. The van der Waals surface area contributed by atoms with Crippen LogP contribution >= 0.6 is 11.6 Å². The fourth-order valence-electron chi connectivity index (χ4n) is 5.34. The minimum atomic E-state index is -1.92. The van der Waals surface area contributed by atoms with E-state index in [4.69, 9.17) is 53.5 Å². The molecule has 2 aromatic heterocycles. The van der Waals surface area contributed by atoms with E-state index in [1.165, 1.54) is 49.3 Å². The second kappa shape index (κ2) is 12.7. The van der Waals surface area contributed by atoms with Gasteiger partial charge in [0.25, 0.3) is 0 Å². The lowest BCUT2D eigenvalue weighted by atomic mass is 9.47. The number of halogens is 2.